The fraction of sp³-hybridized carbons (Fsp3) is 0.600. The van der Waals surface area contributed by atoms with Gasteiger partial charge in [0.2, 0.25) is 0 Å². The minimum absolute atomic E-state index is 0.106. The highest BCUT2D eigenvalue weighted by Crippen LogP contribution is 2.41. The van der Waals surface area contributed by atoms with Crippen LogP contribution < -0.4 is 4.90 Å². The lowest BCUT2D eigenvalue weighted by atomic mass is 10.00. The molecule has 3 unspecified atom stereocenters. The van der Waals surface area contributed by atoms with E-state index in [0.29, 0.717) is 24.7 Å². The lowest BCUT2D eigenvalue weighted by molar-refractivity contribution is -0.138. The highest BCUT2D eigenvalue weighted by molar-refractivity contribution is 5.53. The van der Waals surface area contributed by atoms with Crippen molar-refractivity contribution in [1.29, 1.82) is 0 Å². The van der Waals surface area contributed by atoms with E-state index in [0.717, 1.165) is 18.9 Å². The van der Waals surface area contributed by atoms with Crippen LogP contribution in [0, 0.1) is 11.8 Å². The fourth-order valence-corrected chi connectivity index (χ4v) is 3.61. The molecule has 1 aromatic carbocycles. The summed E-state index contributed by atoms with van der Waals surface area (Å²) in [5.74, 6) is 0.531. The standard InChI is InChI=1S/C15H18F3NO2/c16-15(17,18)13-5-11(3-1-10(13)8-20)19-6-9-2-4-14(21)12(9)7-19/h1,3,5,9,12,14,20-21H,2,4,6-8H2. The van der Waals surface area contributed by atoms with Crippen LogP contribution in [0.5, 0.6) is 0 Å². The normalized spacial score (nSPS) is 29.0. The lowest BCUT2D eigenvalue weighted by Gasteiger charge is -2.22. The predicted octanol–water partition coefficient (Wildman–Crippen LogP) is 2.40. The SMILES string of the molecule is OCc1ccc(N2CC3CCC(O)C3C2)cc1C(F)(F)F. The van der Waals surface area contributed by atoms with Crippen LogP contribution in [0.1, 0.15) is 24.0 Å². The van der Waals surface area contributed by atoms with Crippen molar-refractivity contribution in [3.05, 3.63) is 29.3 Å². The van der Waals surface area contributed by atoms with Gasteiger partial charge in [0.15, 0.2) is 0 Å². The summed E-state index contributed by atoms with van der Waals surface area (Å²) in [6.45, 7) is 0.665. The molecule has 1 aliphatic heterocycles. The Kier molecular flexibility index (Phi) is 3.61. The number of alkyl halides is 3. The first-order valence-corrected chi connectivity index (χ1v) is 7.14. The van der Waals surface area contributed by atoms with E-state index in [2.05, 4.69) is 0 Å². The number of hydrogen-bond donors (Lipinski definition) is 2. The minimum atomic E-state index is -4.47. The largest absolute Gasteiger partial charge is 0.416 e. The number of aliphatic hydroxyl groups is 2. The van der Waals surface area contributed by atoms with Crippen molar-refractivity contribution in [3.63, 3.8) is 0 Å². The van der Waals surface area contributed by atoms with Gasteiger partial charge in [0, 0.05) is 24.7 Å². The van der Waals surface area contributed by atoms with E-state index in [4.69, 9.17) is 5.11 Å². The van der Waals surface area contributed by atoms with Crippen LogP contribution in [-0.2, 0) is 12.8 Å². The summed E-state index contributed by atoms with van der Waals surface area (Å²) < 4.78 is 39.1. The molecule has 0 amide bonds. The summed E-state index contributed by atoms with van der Waals surface area (Å²) in [6.07, 6.45) is -3.08. The molecule has 1 aliphatic carbocycles. The van der Waals surface area contributed by atoms with Crippen molar-refractivity contribution >= 4 is 5.69 Å². The third kappa shape index (κ3) is 2.62. The third-order valence-electron chi connectivity index (χ3n) is 4.75. The average molecular weight is 301 g/mol. The number of anilines is 1. The van der Waals surface area contributed by atoms with Gasteiger partial charge in [-0.25, -0.2) is 0 Å². The molecule has 1 aromatic rings. The first kappa shape index (κ1) is 14.7. The number of halogens is 3. The van der Waals surface area contributed by atoms with Gasteiger partial charge in [0.25, 0.3) is 0 Å². The van der Waals surface area contributed by atoms with E-state index in [1.165, 1.54) is 6.07 Å². The smallest absolute Gasteiger partial charge is 0.393 e. The molecule has 116 valence electrons. The third-order valence-corrected chi connectivity index (χ3v) is 4.75. The molecule has 6 heteroatoms. The number of nitrogens with zero attached hydrogens (tertiary/aromatic N) is 1. The van der Waals surface area contributed by atoms with Gasteiger partial charge in [-0.3, -0.25) is 0 Å². The number of rotatable bonds is 2. The fourth-order valence-electron chi connectivity index (χ4n) is 3.61. The Morgan fingerprint density at radius 3 is 2.57 bits per heavy atom. The second kappa shape index (κ2) is 5.18. The van der Waals surface area contributed by atoms with Gasteiger partial charge in [-0.15, -0.1) is 0 Å². The molecule has 2 N–H and O–H groups in total. The first-order chi connectivity index (χ1) is 9.90. The van der Waals surface area contributed by atoms with E-state index in [9.17, 15) is 18.3 Å². The molecule has 3 atom stereocenters. The van der Waals surface area contributed by atoms with E-state index in [1.807, 2.05) is 4.90 Å². The zero-order chi connectivity index (χ0) is 15.2. The Balaban J connectivity index is 1.87. The van der Waals surface area contributed by atoms with Gasteiger partial charge in [0.1, 0.15) is 0 Å². The van der Waals surface area contributed by atoms with E-state index in [-0.39, 0.29) is 17.6 Å². The molecule has 0 bridgehead atoms. The molecule has 21 heavy (non-hydrogen) atoms. The van der Waals surface area contributed by atoms with Gasteiger partial charge in [-0.05, 0) is 36.5 Å². The minimum Gasteiger partial charge on any atom is -0.393 e. The summed E-state index contributed by atoms with van der Waals surface area (Å²) >= 11 is 0. The van der Waals surface area contributed by atoms with Crippen molar-refractivity contribution < 1.29 is 23.4 Å². The lowest BCUT2D eigenvalue weighted by Crippen LogP contribution is -2.25. The summed E-state index contributed by atoms with van der Waals surface area (Å²) in [4.78, 5) is 1.91. The summed E-state index contributed by atoms with van der Waals surface area (Å²) in [7, 11) is 0. The van der Waals surface area contributed by atoms with Gasteiger partial charge in [0.05, 0.1) is 18.3 Å². The first-order valence-electron chi connectivity index (χ1n) is 7.14. The molecule has 3 nitrogen and oxygen atoms in total. The van der Waals surface area contributed by atoms with E-state index >= 15 is 0 Å². The maximum atomic E-state index is 13.0. The summed E-state index contributed by atoms with van der Waals surface area (Å²) in [6, 6.07) is 4.07. The monoisotopic (exact) mass is 301 g/mol. The molecule has 2 aliphatic rings. The quantitative estimate of drug-likeness (QED) is 0.881. The Morgan fingerprint density at radius 2 is 1.95 bits per heavy atom. The molecule has 0 radical (unpaired) electrons. The number of aliphatic hydroxyl groups excluding tert-OH is 2. The van der Waals surface area contributed by atoms with Crippen LogP contribution in [0.2, 0.25) is 0 Å². The van der Waals surface area contributed by atoms with Crippen LogP contribution in [0.15, 0.2) is 18.2 Å². The second-order valence-corrected chi connectivity index (χ2v) is 5.97. The molecule has 3 rings (SSSR count). The van der Waals surface area contributed by atoms with Crippen molar-refractivity contribution in [3.8, 4) is 0 Å². The van der Waals surface area contributed by atoms with E-state index < -0.39 is 18.3 Å². The van der Waals surface area contributed by atoms with Crippen LogP contribution in [-0.4, -0.2) is 29.4 Å². The van der Waals surface area contributed by atoms with Crippen molar-refractivity contribution in [2.24, 2.45) is 11.8 Å². The highest BCUT2D eigenvalue weighted by Gasteiger charge is 2.42. The Hall–Kier alpha value is -1.27. The second-order valence-electron chi connectivity index (χ2n) is 5.97. The zero-order valence-corrected chi connectivity index (χ0v) is 11.5. The van der Waals surface area contributed by atoms with Gasteiger partial charge in [-0.1, -0.05) is 6.07 Å². The maximum Gasteiger partial charge on any atom is 0.416 e. The molecule has 0 aromatic heterocycles. The molecular formula is C15H18F3NO2. The maximum absolute atomic E-state index is 13.0. The molecule has 1 heterocycles. The Morgan fingerprint density at radius 1 is 1.19 bits per heavy atom. The van der Waals surface area contributed by atoms with Crippen LogP contribution >= 0.6 is 0 Å². The molecule has 2 fully saturated rings. The van der Waals surface area contributed by atoms with Gasteiger partial charge in [-0.2, -0.15) is 13.2 Å². The van der Waals surface area contributed by atoms with Gasteiger partial charge < -0.3 is 15.1 Å². The molecular weight excluding hydrogens is 283 g/mol. The molecule has 1 saturated heterocycles. The Bertz CT molecular complexity index is 532. The topological polar surface area (TPSA) is 43.7 Å². The highest BCUT2D eigenvalue weighted by atomic mass is 19.4. The average Bonchev–Trinajstić information content (AvgIpc) is 3.00. The van der Waals surface area contributed by atoms with Crippen LogP contribution in [0.25, 0.3) is 0 Å². The van der Waals surface area contributed by atoms with Gasteiger partial charge >= 0.3 is 6.18 Å². The van der Waals surface area contributed by atoms with E-state index in [1.54, 1.807) is 6.07 Å². The van der Waals surface area contributed by atoms with Crippen molar-refractivity contribution in [2.45, 2.75) is 31.7 Å². The number of benzene rings is 1. The van der Waals surface area contributed by atoms with Crippen LogP contribution in [0.3, 0.4) is 0 Å². The molecule has 0 spiro atoms. The number of hydrogen-bond acceptors (Lipinski definition) is 3. The zero-order valence-electron chi connectivity index (χ0n) is 11.5. The van der Waals surface area contributed by atoms with Crippen molar-refractivity contribution in [2.75, 3.05) is 18.0 Å². The number of fused-ring (bicyclic) bond motifs is 1. The Labute approximate surface area is 121 Å². The summed E-state index contributed by atoms with van der Waals surface area (Å²) in [5, 5.41) is 18.9. The van der Waals surface area contributed by atoms with Crippen molar-refractivity contribution in [1.82, 2.24) is 0 Å². The molecule has 1 saturated carbocycles. The van der Waals surface area contributed by atoms with Crippen LogP contribution in [0.4, 0.5) is 18.9 Å². The summed E-state index contributed by atoms with van der Waals surface area (Å²) in [5.41, 5.74) is -0.369. The predicted molar refractivity (Wildman–Crippen MR) is 71.8 cm³/mol.